The fourth-order valence-electron chi connectivity index (χ4n) is 2.26. The molecule has 0 aliphatic rings. The lowest BCUT2D eigenvalue weighted by Crippen LogP contribution is -2.38. The topological polar surface area (TPSA) is 56.8 Å². The highest BCUT2D eigenvalue weighted by molar-refractivity contribution is 5.80. The van der Waals surface area contributed by atoms with Gasteiger partial charge in [0.05, 0.1) is 13.7 Å². The van der Waals surface area contributed by atoms with Crippen molar-refractivity contribution in [3.05, 3.63) is 53.6 Å². The molecule has 2 aromatic carbocycles. The van der Waals surface area contributed by atoms with E-state index in [-0.39, 0.29) is 5.91 Å². The van der Waals surface area contributed by atoms with Gasteiger partial charge in [0.2, 0.25) is 0 Å². The third-order valence-corrected chi connectivity index (χ3v) is 3.73. The number of nitrogens with one attached hydrogen (secondary N) is 1. The monoisotopic (exact) mass is 343 g/mol. The van der Waals surface area contributed by atoms with E-state index in [2.05, 4.69) is 5.32 Å². The zero-order valence-electron chi connectivity index (χ0n) is 15.2. The first-order chi connectivity index (χ1) is 12.0. The molecule has 1 amide bonds. The van der Waals surface area contributed by atoms with Gasteiger partial charge in [-0.25, -0.2) is 0 Å². The van der Waals surface area contributed by atoms with E-state index < -0.39 is 6.10 Å². The Morgan fingerprint density at radius 2 is 1.88 bits per heavy atom. The predicted molar refractivity (Wildman–Crippen MR) is 97.5 cm³/mol. The van der Waals surface area contributed by atoms with Crippen molar-refractivity contribution in [2.45, 2.75) is 26.9 Å². The van der Waals surface area contributed by atoms with E-state index >= 15 is 0 Å². The van der Waals surface area contributed by atoms with E-state index in [0.717, 1.165) is 22.6 Å². The molecule has 0 fully saturated rings. The summed E-state index contributed by atoms with van der Waals surface area (Å²) < 4.78 is 16.5. The van der Waals surface area contributed by atoms with Crippen LogP contribution in [0.1, 0.15) is 18.1 Å². The van der Waals surface area contributed by atoms with Gasteiger partial charge in [-0.3, -0.25) is 4.79 Å². The van der Waals surface area contributed by atoms with Crippen LogP contribution in [0.4, 0.5) is 0 Å². The Labute approximate surface area is 148 Å². The largest absolute Gasteiger partial charge is 0.497 e. The van der Waals surface area contributed by atoms with Crippen molar-refractivity contribution >= 4 is 5.91 Å². The summed E-state index contributed by atoms with van der Waals surface area (Å²) in [6.45, 7) is 6.46. The molecule has 0 saturated carbocycles. The highest BCUT2D eigenvalue weighted by atomic mass is 16.5. The Balaban J connectivity index is 1.76. The van der Waals surface area contributed by atoms with Crippen LogP contribution in [0.25, 0.3) is 0 Å². The van der Waals surface area contributed by atoms with Crippen molar-refractivity contribution in [1.82, 2.24) is 5.32 Å². The lowest BCUT2D eigenvalue weighted by Gasteiger charge is -2.17. The van der Waals surface area contributed by atoms with Crippen molar-refractivity contribution in [3.8, 4) is 17.2 Å². The van der Waals surface area contributed by atoms with Crippen molar-refractivity contribution in [2.75, 3.05) is 20.3 Å². The molecule has 0 aliphatic heterocycles. The van der Waals surface area contributed by atoms with E-state index in [0.29, 0.717) is 18.9 Å². The fourth-order valence-corrected chi connectivity index (χ4v) is 2.26. The van der Waals surface area contributed by atoms with Crippen molar-refractivity contribution in [2.24, 2.45) is 0 Å². The van der Waals surface area contributed by atoms with Gasteiger partial charge in [-0.05, 0) is 50.1 Å². The summed E-state index contributed by atoms with van der Waals surface area (Å²) in [7, 11) is 1.61. The van der Waals surface area contributed by atoms with Gasteiger partial charge < -0.3 is 19.5 Å². The van der Waals surface area contributed by atoms with Crippen molar-refractivity contribution in [1.29, 1.82) is 0 Å². The minimum Gasteiger partial charge on any atom is -0.497 e. The normalized spacial score (nSPS) is 11.5. The number of ether oxygens (including phenoxy) is 3. The first kappa shape index (κ1) is 18.6. The quantitative estimate of drug-likeness (QED) is 0.748. The standard InChI is InChI=1S/C20H25NO4/c1-14-8-9-15(2)19(12-14)25-16(3)20(22)21-10-11-24-18-7-5-6-17(13-18)23-4/h5-9,12-13,16H,10-11H2,1-4H3,(H,21,22)/t16-/m0/s1. The zero-order chi connectivity index (χ0) is 18.2. The molecule has 0 radical (unpaired) electrons. The molecule has 5 heteroatoms. The molecule has 0 aromatic heterocycles. The third kappa shape index (κ3) is 5.71. The molecule has 25 heavy (non-hydrogen) atoms. The van der Waals surface area contributed by atoms with E-state index in [1.165, 1.54) is 0 Å². The van der Waals surface area contributed by atoms with Gasteiger partial charge in [-0.15, -0.1) is 0 Å². The molecule has 1 N–H and O–H groups in total. The Kier molecular flexibility index (Phi) is 6.69. The average molecular weight is 343 g/mol. The molecule has 0 heterocycles. The number of rotatable bonds is 8. The molecule has 0 unspecified atom stereocenters. The van der Waals surface area contributed by atoms with E-state index in [9.17, 15) is 4.79 Å². The number of amides is 1. The molecule has 0 aliphatic carbocycles. The first-order valence-corrected chi connectivity index (χ1v) is 8.28. The Hall–Kier alpha value is -2.69. The first-order valence-electron chi connectivity index (χ1n) is 8.28. The molecule has 5 nitrogen and oxygen atoms in total. The Morgan fingerprint density at radius 1 is 1.12 bits per heavy atom. The van der Waals surface area contributed by atoms with Crippen LogP contribution in [0.5, 0.6) is 17.2 Å². The number of carbonyl (C=O) groups excluding carboxylic acids is 1. The number of methoxy groups -OCH3 is 1. The van der Waals surface area contributed by atoms with Gasteiger partial charge in [0, 0.05) is 6.07 Å². The summed E-state index contributed by atoms with van der Waals surface area (Å²) in [6.07, 6.45) is -0.572. The molecule has 0 bridgehead atoms. The fraction of sp³-hybridized carbons (Fsp3) is 0.350. The number of carbonyl (C=O) groups is 1. The second-order valence-electron chi connectivity index (χ2n) is 5.85. The van der Waals surface area contributed by atoms with E-state index in [1.807, 2.05) is 50.2 Å². The van der Waals surface area contributed by atoms with Gasteiger partial charge >= 0.3 is 0 Å². The second kappa shape index (κ2) is 8.97. The second-order valence-corrected chi connectivity index (χ2v) is 5.85. The number of benzene rings is 2. The lowest BCUT2D eigenvalue weighted by molar-refractivity contribution is -0.127. The van der Waals surface area contributed by atoms with Gasteiger partial charge in [0.1, 0.15) is 23.9 Å². The summed E-state index contributed by atoms with van der Waals surface area (Å²) >= 11 is 0. The predicted octanol–water partition coefficient (Wildman–Crippen LogP) is 3.27. The van der Waals surface area contributed by atoms with Gasteiger partial charge in [0.15, 0.2) is 6.10 Å². The molecule has 0 saturated heterocycles. The van der Waals surface area contributed by atoms with Crippen LogP contribution in [0.3, 0.4) is 0 Å². The van der Waals surface area contributed by atoms with Crippen LogP contribution in [-0.2, 0) is 4.79 Å². The molecule has 2 rings (SSSR count). The van der Waals surface area contributed by atoms with Gasteiger partial charge in [-0.2, -0.15) is 0 Å². The van der Waals surface area contributed by atoms with Crippen LogP contribution in [0.2, 0.25) is 0 Å². The van der Waals surface area contributed by atoms with Crippen LogP contribution in [0, 0.1) is 13.8 Å². The summed E-state index contributed by atoms with van der Waals surface area (Å²) in [5.74, 6) is 2.00. The zero-order valence-corrected chi connectivity index (χ0v) is 15.2. The van der Waals surface area contributed by atoms with Crippen LogP contribution in [0.15, 0.2) is 42.5 Å². The third-order valence-electron chi connectivity index (χ3n) is 3.73. The Morgan fingerprint density at radius 3 is 2.64 bits per heavy atom. The SMILES string of the molecule is COc1cccc(OCCNC(=O)[C@H](C)Oc2cc(C)ccc2C)c1. The van der Waals surface area contributed by atoms with Crippen molar-refractivity contribution in [3.63, 3.8) is 0 Å². The summed E-state index contributed by atoms with van der Waals surface area (Å²) in [4.78, 5) is 12.1. The van der Waals surface area contributed by atoms with Crippen molar-refractivity contribution < 1.29 is 19.0 Å². The molecule has 134 valence electrons. The van der Waals surface area contributed by atoms with Gasteiger partial charge in [0.25, 0.3) is 5.91 Å². The molecule has 2 aromatic rings. The molecule has 1 atom stereocenters. The highest BCUT2D eigenvalue weighted by Gasteiger charge is 2.15. The smallest absolute Gasteiger partial charge is 0.260 e. The van der Waals surface area contributed by atoms with E-state index in [4.69, 9.17) is 14.2 Å². The highest BCUT2D eigenvalue weighted by Crippen LogP contribution is 2.20. The maximum Gasteiger partial charge on any atom is 0.260 e. The number of aryl methyl sites for hydroxylation is 2. The van der Waals surface area contributed by atoms with Crippen LogP contribution < -0.4 is 19.5 Å². The van der Waals surface area contributed by atoms with Crippen LogP contribution >= 0.6 is 0 Å². The Bertz CT molecular complexity index is 715. The summed E-state index contributed by atoms with van der Waals surface area (Å²) in [5, 5.41) is 2.82. The number of hydrogen-bond donors (Lipinski definition) is 1. The minimum absolute atomic E-state index is 0.171. The summed E-state index contributed by atoms with van der Waals surface area (Å²) in [6, 6.07) is 13.3. The van der Waals surface area contributed by atoms with Gasteiger partial charge in [-0.1, -0.05) is 18.2 Å². The molecular formula is C20H25NO4. The molecular weight excluding hydrogens is 318 g/mol. The molecule has 0 spiro atoms. The minimum atomic E-state index is -0.572. The average Bonchev–Trinajstić information content (AvgIpc) is 2.61. The summed E-state index contributed by atoms with van der Waals surface area (Å²) in [5.41, 5.74) is 2.10. The van der Waals surface area contributed by atoms with Crippen LogP contribution in [-0.4, -0.2) is 32.3 Å². The maximum absolute atomic E-state index is 12.1. The number of hydrogen-bond acceptors (Lipinski definition) is 4. The maximum atomic E-state index is 12.1. The van der Waals surface area contributed by atoms with E-state index in [1.54, 1.807) is 20.1 Å². The lowest BCUT2D eigenvalue weighted by atomic mass is 10.1.